The maximum atomic E-state index is 12.7. The highest BCUT2D eigenvalue weighted by atomic mass is 32.1. The number of aromatic nitrogens is 3. The van der Waals surface area contributed by atoms with Crippen LogP contribution in [0.25, 0.3) is 0 Å². The summed E-state index contributed by atoms with van der Waals surface area (Å²) in [5.74, 6) is 0.638. The number of rotatable bonds is 7. The Morgan fingerprint density at radius 1 is 1.27 bits per heavy atom. The molecule has 0 aliphatic carbocycles. The van der Waals surface area contributed by atoms with E-state index in [2.05, 4.69) is 55.3 Å². The molecular formula is C23H32N8OS. The number of carbonyl (C=O) groups is 1. The lowest BCUT2D eigenvalue weighted by Gasteiger charge is -2.34. The van der Waals surface area contributed by atoms with E-state index in [-0.39, 0.29) is 17.9 Å². The van der Waals surface area contributed by atoms with Gasteiger partial charge in [-0.1, -0.05) is 0 Å². The number of hydrogen-bond donors (Lipinski definition) is 2. The zero-order valence-corrected chi connectivity index (χ0v) is 20.1. The van der Waals surface area contributed by atoms with Gasteiger partial charge in [0.1, 0.15) is 5.69 Å². The lowest BCUT2D eigenvalue weighted by Crippen LogP contribution is -2.46. The molecule has 0 aromatic carbocycles. The lowest BCUT2D eigenvalue weighted by molar-refractivity contribution is 0.0896. The predicted molar refractivity (Wildman–Crippen MR) is 129 cm³/mol. The SMILES string of the molecule is CC(C)N1CCC(NC(=O)c2csc(Nc3nccc([C@H]4CCCN(CC#N)C4)n3)n2)CC1. The number of hydrogen-bond acceptors (Lipinski definition) is 9. The van der Waals surface area contributed by atoms with Crippen molar-refractivity contribution in [3.63, 3.8) is 0 Å². The first kappa shape index (κ1) is 23.5. The summed E-state index contributed by atoms with van der Waals surface area (Å²) in [5.41, 5.74) is 1.39. The third-order valence-electron chi connectivity index (χ3n) is 6.45. The zero-order valence-electron chi connectivity index (χ0n) is 19.3. The van der Waals surface area contributed by atoms with Crippen molar-refractivity contribution < 1.29 is 4.79 Å². The quantitative estimate of drug-likeness (QED) is 0.597. The molecule has 9 nitrogen and oxygen atoms in total. The maximum Gasteiger partial charge on any atom is 0.271 e. The molecule has 0 saturated carbocycles. The van der Waals surface area contributed by atoms with Gasteiger partial charge in [0, 0.05) is 49.2 Å². The second kappa shape index (κ2) is 11.0. The van der Waals surface area contributed by atoms with Gasteiger partial charge in [-0.2, -0.15) is 5.26 Å². The molecule has 4 heterocycles. The number of nitrogens with zero attached hydrogens (tertiary/aromatic N) is 6. The minimum absolute atomic E-state index is 0.128. The van der Waals surface area contributed by atoms with Gasteiger partial charge in [0.2, 0.25) is 5.95 Å². The Bertz CT molecular complexity index is 979. The Labute approximate surface area is 199 Å². The Morgan fingerprint density at radius 3 is 2.85 bits per heavy atom. The van der Waals surface area contributed by atoms with Crippen LogP contribution in [-0.2, 0) is 0 Å². The van der Waals surface area contributed by atoms with Gasteiger partial charge in [-0.05, 0) is 52.1 Å². The Kier molecular flexibility index (Phi) is 7.85. The van der Waals surface area contributed by atoms with Crippen LogP contribution in [0.5, 0.6) is 0 Å². The van der Waals surface area contributed by atoms with Crippen LogP contribution in [0.3, 0.4) is 0 Å². The van der Waals surface area contributed by atoms with Crippen molar-refractivity contribution in [3.8, 4) is 6.07 Å². The van der Waals surface area contributed by atoms with Crippen molar-refractivity contribution in [1.82, 2.24) is 30.1 Å². The van der Waals surface area contributed by atoms with Gasteiger partial charge in [0.15, 0.2) is 5.13 Å². The topological polar surface area (TPSA) is 110 Å². The normalized spacial score (nSPS) is 20.5. The van der Waals surface area contributed by atoms with Crippen LogP contribution < -0.4 is 10.6 Å². The first-order chi connectivity index (χ1) is 16.0. The van der Waals surface area contributed by atoms with E-state index in [1.54, 1.807) is 11.6 Å². The van der Waals surface area contributed by atoms with E-state index in [0.717, 1.165) is 57.6 Å². The second-order valence-corrected chi connectivity index (χ2v) is 9.94. The minimum Gasteiger partial charge on any atom is -0.348 e. The summed E-state index contributed by atoms with van der Waals surface area (Å²) in [6, 6.07) is 4.92. The van der Waals surface area contributed by atoms with Crippen LogP contribution in [-0.4, -0.2) is 75.5 Å². The van der Waals surface area contributed by atoms with E-state index in [1.807, 2.05) is 6.07 Å². The molecule has 2 aliphatic heterocycles. The van der Waals surface area contributed by atoms with Gasteiger partial charge in [0.25, 0.3) is 5.91 Å². The molecule has 0 bridgehead atoms. The first-order valence-corrected chi connectivity index (χ1v) is 12.6. The number of anilines is 2. The highest BCUT2D eigenvalue weighted by Crippen LogP contribution is 2.26. The molecule has 1 atom stereocenters. The van der Waals surface area contributed by atoms with Crippen LogP contribution in [0.1, 0.15) is 61.6 Å². The molecule has 1 amide bonds. The van der Waals surface area contributed by atoms with Crippen molar-refractivity contribution >= 4 is 28.3 Å². The predicted octanol–water partition coefficient (Wildman–Crippen LogP) is 2.98. The summed E-state index contributed by atoms with van der Waals surface area (Å²) in [4.78, 5) is 30.7. The molecule has 2 aliphatic rings. The van der Waals surface area contributed by atoms with E-state index in [0.29, 0.717) is 29.4 Å². The number of amides is 1. The number of nitrogens with one attached hydrogen (secondary N) is 2. The second-order valence-electron chi connectivity index (χ2n) is 9.08. The third kappa shape index (κ3) is 6.25. The molecule has 0 radical (unpaired) electrons. The summed E-state index contributed by atoms with van der Waals surface area (Å²) in [5, 5.41) is 17.6. The smallest absolute Gasteiger partial charge is 0.271 e. The molecule has 0 spiro atoms. The third-order valence-corrected chi connectivity index (χ3v) is 7.20. The standard InChI is InChI=1S/C23H32N8OS/c1-16(2)31-11-6-18(7-12-31)26-21(32)20-15-33-23(28-20)29-22-25-9-5-19(27-22)17-4-3-10-30(14-17)13-8-24/h5,9,15-18H,3-4,6-7,10-14H2,1-2H3,(H,26,32)(H,25,27,28,29)/t17-/m0/s1. The van der Waals surface area contributed by atoms with Gasteiger partial charge >= 0.3 is 0 Å². The fraction of sp³-hybridized carbons (Fsp3) is 0.609. The summed E-state index contributed by atoms with van der Waals surface area (Å²) in [6.45, 7) is 8.68. The Hall–Kier alpha value is -2.61. The van der Waals surface area contributed by atoms with Gasteiger partial charge < -0.3 is 15.5 Å². The van der Waals surface area contributed by atoms with E-state index >= 15 is 0 Å². The summed E-state index contributed by atoms with van der Waals surface area (Å²) < 4.78 is 0. The number of likely N-dealkylation sites (tertiary alicyclic amines) is 2. The summed E-state index contributed by atoms with van der Waals surface area (Å²) >= 11 is 1.37. The maximum absolute atomic E-state index is 12.7. The molecule has 2 N–H and O–H groups in total. The number of piperidine rings is 2. The minimum atomic E-state index is -0.128. The van der Waals surface area contributed by atoms with E-state index in [1.165, 1.54) is 11.3 Å². The zero-order chi connectivity index (χ0) is 23.2. The van der Waals surface area contributed by atoms with Crippen molar-refractivity contribution in [3.05, 3.63) is 29.0 Å². The molecule has 33 heavy (non-hydrogen) atoms. The largest absolute Gasteiger partial charge is 0.348 e. The van der Waals surface area contributed by atoms with E-state index in [4.69, 9.17) is 5.26 Å². The molecule has 4 rings (SSSR count). The average Bonchev–Trinajstić information content (AvgIpc) is 3.29. The monoisotopic (exact) mass is 468 g/mol. The van der Waals surface area contributed by atoms with Crippen LogP contribution in [0, 0.1) is 11.3 Å². The first-order valence-electron chi connectivity index (χ1n) is 11.7. The van der Waals surface area contributed by atoms with Crippen molar-refractivity contribution in [1.29, 1.82) is 5.26 Å². The fourth-order valence-electron chi connectivity index (χ4n) is 4.55. The summed E-state index contributed by atoms with van der Waals surface area (Å²) in [7, 11) is 0. The highest BCUT2D eigenvalue weighted by molar-refractivity contribution is 7.14. The Morgan fingerprint density at radius 2 is 2.09 bits per heavy atom. The molecule has 2 aromatic rings. The molecule has 10 heteroatoms. The highest BCUT2D eigenvalue weighted by Gasteiger charge is 2.24. The van der Waals surface area contributed by atoms with E-state index < -0.39 is 0 Å². The molecule has 2 fully saturated rings. The molecule has 2 saturated heterocycles. The molecule has 176 valence electrons. The van der Waals surface area contributed by atoms with Gasteiger partial charge in [-0.25, -0.2) is 15.0 Å². The molecular weight excluding hydrogens is 436 g/mol. The average molecular weight is 469 g/mol. The van der Waals surface area contributed by atoms with Crippen LogP contribution in [0.2, 0.25) is 0 Å². The Balaban J connectivity index is 1.33. The lowest BCUT2D eigenvalue weighted by atomic mass is 9.94. The van der Waals surface area contributed by atoms with Crippen LogP contribution in [0.15, 0.2) is 17.6 Å². The van der Waals surface area contributed by atoms with Gasteiger partial charge in [0.05, 0.1) is 18.3 Å². The van der Waals surface area contributed by atoms with Crippen molar-refractivity contribution in [2.45, 2.75) is 57.5 Å². The van der Waals surface area contributed by atoms with E-state index in [9.17, 15) is 4.79 Å². The van der Waals surface area contributed by atoms with Gasteiger partial charge in [-0.15, -0.1) is 11.3 Å². The van der Waals surface area contributed by atoms with Crippen molar-refractivity contribution in [2.75, 3.05) is 38.0 Å². The number of thiazole rings is 1. The number of nitriles is 1. The van der Waals surface area contributed by atoms with Crippen molar-refractivity contribution in [2.24, 2.45) is 0 Å². The fourth-order valence-corrected chi connectivity index (χ4v) is 5.24. The van der Waals surface area contributed by atoms with Crippen LogP contribution >= 0.6 is 11.3 Å². The van der Waals surface area contributed by atoms with Crippen LogP contribution in [0.4, 0.5) is 11.1 Å². The molecule has 2 aromatic heterocycles. The summed E-state index contributed by atoms with van der Waals surface area (Å²) in [6.07, 6.45) is 5.79. The number of carbonyl (C=O) groups excluding carboxylic acids is 1. The van der Waals surface area contributed by atoms with Gasteiger partial charge in [-0.3, -0.25) is 9.69 Å². The molecule has 0 unspecified atom stereocenters.